The second kappa shape index (κ2) is 11.6. The van der Waals surface area contributed by atoms with Crippen LogP contribution in [0.4, 0.5) is 5.69 Å². The molecular formula is C28H34N4O3S2. The van der Waals surface area contributed by atoms with Gasteiger partial charge in [-0.15, -0.1) is 23.1 Å². The van der Waals surface area contributed by atoms with Gasteiger partial charge in [-0.25, -0.2) is 9.97 Å². The molecule has 0 radical (unpaired) electrons. The topological polar surface area (TPSA) is 88.3 Å². The predicted molar refractivity (Wildman–Crippen MR) is 149 cm³/mol. The summed E-state index contributed by atoms with van der Waals surface area (Å²) < 4.78 is 7.12. The Kier molecular flexibility index (Phi) is 8.54. The van der Waals surface area contributed by atoms with Crippen LogP contribution in [0.5, 0.6) is 0 Å². The number of piperidine rings is 1. The van der Waals surface area contributed by atoms with Crippen LogP contribution in [0.25, 0.3) is 0 Å². The standard InChI is InChI=1S/C28H34N4O3S2/c1-6-23(33)31-21-11-9-20(10-12-21)26(34)32-13-7-8-19(16-32)14-25-30-18(2)27(37-25)36-17-24-29-15-22(35-24)28(3,4)5/h6,9-12,15,19H,1,7-8,13-14,16-17H2,2-5H3,(H,31,33)/t19-/m0/s1. The highest BCUT2D eigenvalue weighted by molar-refractivity contribution is 8.00. The molecule has 196 valence electrons. The quantitative estimate of drug-likeness (QED) is 0.269. The molecule has 1 N–H and O–H groups in total. The molecule has 3 heterocycles. The molecule has 0 saturated carbocycles. The predicted octanol–water partition coefficient (Wildman–Crippen LogP) is 6.25. The van der Waals surface area contributed by atoms with Crippen molar-refractivity contribution in [2.75, 3.05) is 18.4 Å². The number of nitrogens with zero attached hydrogens (tertiary/aromatic N) is 3. The molecule has 7 nitrogen and oxygen atoms in total. The first kappa shape index (κ1) is 27.1. The van der Waals surface area contributed by atoms with Gasteiger partial charge >= 0.3 is 0 Å². The second-order valence-corrected chi connectivity index (χ2v) is 12.7. The van der Waals surface area contributed by atoms with Crippen LogP contribution in [0.15, 0.2) is 51.7 Å². The number of benzene rings is 1. The van der Waals surface area contributed by atoms with E-state index < -0.39 is 0 Å². The van der Waals surface area contributed by atoms with Gasteiger partial charge in [-0.3, -0.25) is 9.59 Å². The van der Waals surface area contributed by atoms with Crippen molar-refractivity contribution < 1.29 is 14.0 Å². The summed E-state index contributed by atoms with van der Waals surface area (Å²) in [4.78, 5) is 35.8. The number of anilines is 1. The van der Waals surface area contributed by atoms with Crippen molar-refractivity contribution in [2.24, 2.45) is 5.92 Å². The van der Waals surface area contributed by atoms with Crippen molar-refractivity contribution >= 4 is 40.6 Å². The van der Waals surface area contributed by atoms with Gasteiger partial charge in [0.25, 0.3) is 5.91 Å². The molecule has 1 atom stereocenters. The minimum absolute atomic E-state index is 0.0263. The molecule has 2 aromatic heterocycles. The number of nitrogens with one attached hydrogen (secondary N) is 1. The van der Waals surface area contributed by atoms with Crippen molar-refractivity contribution in [1.82, 2.24) is 14.9 Å². The van der Waals surface area contributed by atoms with Crippen LogP contribution >= 0.6 is 23.1 Å². The molecule has 1 aliphatic rings. The van der Waals surface area contributed by atoms with Crippen LogP contribution in [-0.4, -0.2) is 39.8 Å². The highest BCUT2D eigenvalue weighted by Crippen LogP contribution is 2.34. The average Bonchev–Trinajstić information content (AvgIpc) is 3.49. The third kappa shape index (κ3) is 7.11. The van der Waals surface area contributed by atoms with Gasteiger partial charge in [-0.1, -0.05) is 27.4 Å². The van der Waals surface area contributed by atoms with E-state index in [1.807, 2.05) is 11.1 Å². The normalized spacial score (nSPS) is 16.0. The summed E-state index contributed by atoms with van der Waals surface area (Å²) in [7, 11) is 0. The number of thioether (sulfide) groups is 1. The van der Waals surface area contributed by atoms with Gasteiger partial charge in [-0.2, -0.15) is 0 Å². The molecule has 4 rings (SSSR count). The number of oxazole rings is 1. The molecule has 9 heteroatoms. The number of carbonyl (C=O) groups excluding carboxylic acids is 2. The molecule has 37 heavy (non-hydrogen) atoms. The van der Waals surface area contributed by atoms with Crippen LogP contribution in [0, 0.1) is 12.8 Å². The fourth-order valence-corrected chi connectivity index (χ4v) is 6.50. The maximum atomic E-state index is 13.1. The van der Waals surface area contributed by atoms with E-state index in [4.69, 9.17) is 9.40 Å². The Hall–Kier alpha value is -2.91. The first-order valence-corrected chi connectivity index (χ1v) is 14.3. The maximum absolute atomic E-state index is 13.1. The van der Waals surface area contributed by atoms with E-state index in [9.17, 15) is 9.59 Å². The summed E-state index contributed by atoms with van der Waals surface area (Å²) in [6, 6.07) is 7.01. The first-order chi connectivity index (χ1) is 17.6. The van der Waals surface area contributed by atoms with Crippen LogP contribution in [0.1, 0.15) is 66.3 Å². The first-order valence-electron chi connectivity index (χ1n) is 12.5. The zero-order valence-corrected chi connectivity index (χ0v) is 23.5. The van der Waals surface area contributed by atoms with Crippen molar-refractivity contribution in [3.05, 3.63) is 71.0 Å². The summed E-state index contributed by atoms with van der Waals surface area (Å²) in [5, 5.41) is 3.82. The molecule has 0 spiro atoms. The monoisotopic (exact) mass is 538 g/mol. The summed E-state index contributed by atoms with van der Waals surface area (Å²) in [6.07, 6.45) is 5.98. The number of amides is 2. The van der Waals surface area contributed by atoms with Crippen LogP contribution in [-0.2, 0) is 22.4 Å². The minimum Gasteiger partial charge on any atom is -0.444 e. The molecule has 1 saturated heterocycles. The Morgan fingerprint density at radius 3 is 2.73 bits per heavy atom. The number of aryl methyl sites for hydroxylation is 1. The van der Waals surface area contributed by atoms with Gasteiger partial charge < -0.3 is 14.6 Å². The third-order valence-electron chi connectivity index (χ3n) is 6.27. The maximum Gasteiger partial charge on any atom is 0.253 e. The summed E-state index contributed by atoms with van der Waals surface area (Å²) >= 11 is 3.46. The Labute approximate surface area is 226 Å². The Balaban J connectivity index is 1.32. The van der Waals surface area contributed by atoms with E-state index in [1.54, 1.807) is 47.4 Å². The van der Waals surface area contributed by atoms with E-state index in [0.717, 1.165) is 54.7 Å². The fraction of sp³-hybridized carbons (Fsp3) is 0.429. The van der Waals surface area contributed by atoms with Gasteiger partial charge in [0.1, 0.15) is 5.76 Å². The number of hydrogen-bond acceptors (Lipinski definition) is 7. The van der Waals surface area contributed by atoms with E-state index in [1.165, 1.54) is 10.3 Å². The summed E-state index contributed by atoms with van der Waals surface area (Å²) in [6.45, 7) is 13.3. The third-order valence-corrected chi connectivity index (χ3v) is 8.80. The molecule has 2 amide bonds. The van der Waals surface area contributed by atoms with Crippen LogP contribution < -0.4 is 5.32 Å². The highest BCUT2D eigenvalue weighted by atomic mass is 32.2. The number of rotatable bonds is 8. The lowest BCUT2D eigenvalue weighted by atomic mass is 9.94. The summed E-state index contributed by atoms with van der Waals surface area (Å²) in [5.74, 6) is 2.45. The molecule has 0 aliphatic carbocycles. The smallest absolute Gasteiger partial charge is 0.253 e. The van der Waals surface area contributed by atoms with E-state index >= 15 is 0 Å². The molecular weight excluding hydrogens is 504 g/mol. The van der Waals surface area contributed by atoms with Gasteiger partial charge in [-0.05, 0) is 56.0 Å². The molecule has 0 bridgehead atoms. The molecule has 0 unspecified atom stereocenters. The van der Waals surface area contributed by atoms with Gasteiger partial charge in [0.2, 0.25) is 11.8 Å². The SMILES string of the molecule is C=CC(=O)Nc1ccc(C(=O)N2CCC[C@@H](Cc3nc(C)c(SCc4ncc(C(C)(C)C)o4)s3)C2)cc1. The van der Waals surface area contributed by atoms with Crippen LogP contribution in [0.3, 0.4) is 0 Å². The molecule has 1 fully saturated rings. The molecule has 1 aromatic carbocycles. The number of carbonyl (C=O) groups is 2. The van der Waals surface area contributed by atoms with Crippen LogP contribution in [0.2, 0.25) is 0 Å². The average molecular weight is 539 g/mol. The Morgan fingerprint density at radius 1 is 1.30 bits per heavy atom. The largest absolute Gasteiger partial charge is 0.444 e. The lowest BCUT2D eigenvalue weighted by Gasteiger charge is -2.32. The van der Waals surface area contributed by atoms with Crippen molar-refractivity contribution in [1.29, 1.82) is 0 Å². The number of hydrogen-bond donors (Lipinski definition) is 1. The lowest BCUT2D eigenvalue weighted by molar-refractivity contribution is -0.111. The second-order valence-electron chi connectivity index (χ2n) is 10.4. The highest BCUT2D eigenvalue weighted by Gasteiger charge is 2.26. The Morgan fingerprint density at radius 2 is 2.05 bits per heavy atom. The number of thiazole rings is 1. The lowest BCUT2D eigenvalue weighted by Crippen LogP contribution is -2.40. The van der Waals surface area contributed by atoms with Crippen molar-refractivity contribution in [2.45, 2.75) is 62.3 Å². The van der Waals surface area contributed by atoms with Gasteiger partial charge in [0.05, 0.1) is 26.9 Å². The van der Waals surface area contributed by atoms with Gasteiger partial charge in [0, 0.05) is 36.2 Å². The van der Waals surface area contributed by atoms with E-state index in [-0.39, 0.29) is 17.2 Å². The fourth-order valence-electron chi connectivity index (χ4n) is 4.24. The number of aromatic nitrogens is 2. The molecule has 1 aliphatic heterocycles. The molecule has 3 aromatic rings. The van der Waals surface area contributed by atoms with Gasteiger partial charge in [0.15, 0.2) is 0 Å². The zero-order valence-electron chi connectivity index (χ0n) is 21.9. The minimum atomic E-state index is -0.274. The number of likely N-dealkylation sites (tertiary alicyclic amines) is 1. The van der Waals surface area contributed by atoms with Crippen molar-refractivity contribution in [3.63, 3.8) is 0 Å². The summed E-state index contributed by atoms with van der Waals surface area (Å²) in [5.41, 5.74) is 2.26. The van der Waals surface area contributed by atoms with E-state index in [0.29, 0.717) is 22.9 Å². The zero-order chi connectivity index (χ0) is 26.6. The van der Waals surface area contributed by atoms with Crippen molar-refractivity contribution in [3.8, 4) is 0 Å². The van der Waals surface area contributed by atoms with E-state index in [2.05, 4.69) is 44.6 Å². The Bertz CT molecular complexity index is 1260.